The van der Waals surface area contributed by atoms with Gasteiger partial charge in [-0.2, -0.15) is 0 Å². The highest BCUT2D eigenvalue weighted by Gasteiger charge is 2.25. The van der Waals surface area contributed by atoms with Crippen molar-refractivity contribution in [3.05, 3.63) is 40.2 Å². The zero-order valence-electron chi connectivity index (χ0n) is 14.3. The summed E-state index contributed by atoms with van der Waals surface area (Å²) in [6.07, 6.45) is 0.746. The van der Waals surface area contributed by atoms with Crippen LogP contribution in [0.2, 0.25) is 0 Å². The number of nitrogens with one attached hydrogen (secondary N) is 1. The predicted octanol–water partition coefficient (Wildman–Crippen LogP) is 2.56. The van der Waals surface area contributed by atoms with E-state index in [1.54, 1.807) is 18.4 Å². The molecular weight excluding hydrogens is 324 g/mol. The first-order chi connectivity index (χ1) is 11.5. The first-order valence-electron chi connectivity index (χ1n) is 7.88. The van der Waals surface area contributed by atoms with Gasteiger partial charge in [-0.25, -0.2) is 4.98 Å². The molecule has 2 aromatic rings. The number of aryl methyl sites for hydroxylation is 1. The summed E-state index contributed by atoms with van der Waals surface area (Å²) in [6, 6.07) is 7.87. The minimum atomic E-state index is -0.557. The standard InChI is InChI=1S/C18H24N2O3S/c1-13-19-16(11-24-13)15-6-4-14(5-7-15)10-17(22)20-18(2,8-9-21)12-23-3/h4-7,11,21H,8-10,12H2,1-3H3,(H,20,22). The Balaban J connectivity index is 1.98. The van der Waals surface area contributed by atoms with Gasteiger partial charge in [-0.15, -0.1) is 11.3 Å². The second-order valence-electron chi connectivity index (χ2n) is 6.14. The number of carbonyl (C=O) groups is 1. The molecule has 1 heterocycles. The average molecular weight is 348 g/mol. The van der Waals surface area contributed by atoms with Crippen LogP contribution in [0, 0.1) is 6.92 Å². The molecule has 2 N–H and O–H groups in total. The van der Waals surface area contributed by atoms with E-state index in [2.05, 4.69) is 10.3 Å². The molecular formula is C18H24N2O3S. The second kappa shape index (κ2) is 8.37. The summed E-state index contributed by atoms with van der Waals surface area (Å²) >= 11 is 1.62. The van der Waals surface area contributed by atoms with Gasteiger partial charge >= 0.3 is 0 Å². The van der Waals surface area contributed by atoms with E-state index in [1.807, 2.05) is 43.5 Å². The SMILES string of the molecule is COCC(C)(CCO)NC(=O)Cc1ccc(-c2csc(C)n2)cc1. The number of amides is 1. The van der Waals surface area contributed by atoms with Crippen LogP contribution in [0.4, 0.5) is 0 Å². The molecule has 1 unspecified atom stereocenters. The van der Waals surface area contributed by atoms with Crippen LogP contribution in [-0.4, -0.2) is 41.9 Å². The monoisotopic (exact) mass is 348 g/mol. The van der Waals surface area contributed by atoms with Crippen molar-refractivity contribution in [1.82, 2.24) is 10.3 Å². The van der Waals surface area contributed by atoms with E-state index in [0.29, 0.717) is 19.4 Å². The highest BCUT2D eigenvalue weighted by atomic mass is 32.1. The molecule has 0 spiro atoms. The normalized spacial score (nSPS) is 13.5. The number of aliphatic hydroxyl groups excluding tert-OH is 1. The lowest BCUT2D eigenvalue weighted by atomic mass is 9.98. The van der Waals surface area contributed by atoms with Crippen molar-refractivity contribution in [3.63, 3.8) is 0 Å². The third kappa shape index (κ3) is 5.12. The summed E-state index contributed by atoms with van der Waals surface area (Å²) in [5.74, 6) is -0.0831. The number of aliphatic hydroxyl groups is 1. The van der Waals surface area contributed by atoms with Crippen LogP contribution in [0.3, 0.4) is 0 Å². The van der Waals surface area contributed by atoms with Gasteiger partial charge in [0.05, 0.1) is 29.3 Å². The van der Waals surface area contributed by atoms with Gasteiger partial charge in [-0.1, -0.05) is 24.3 Å². The van der Waals surface area contributed by atoms with Crippen LogP contribution in [0.5, 0.6) is 0 Å². The van der Waals surface area contributed by atoms with E-state index in [4.69, 9.17) is 9.84 Å². The molecule has 0 saturated carbocycles. The van der Waals surface area contributed by atoms with Crippen molar-refractivity contribution in [2.45, 2.75) is 32.2 Å². The number of hydrogen-bond donors (Lipinski definition) is 2. The summed E-state index contributed by atoms with van der Waals surface area (Å²) < 4.78 is 5.15. The van der Waals surface area contributed by atoms with Crippen LogP contribution < -0.4 is 5.32 Å². The van der Waals surface area contributed by atoms with Crippen molar-refractivity contribution in [1.29, 1.82) is 0 Å². The second-order valence-corrected chi connectivity index (χ2v) is 7.20. The molecule has 24 heavy (non-hydrogen) atoms. The van der Waals surface area contributed by atoms with Gasteiger partial charge in [0.25, 0.3) is 0 Å². The molecule has 0 radical (unpaired) electrons. The van der Waals surface area contributed by atoms with Gasteiger partial charge in [-0.3, -0.25) is 4.79 Å². The van der Waals surface area contributed by atoms with Crippen LogP contribution in [0.25, 0.3) is 11.3 Å². The number of rotatable bonds is 8. The largest absolute Gasteiger partial charge is 0.396 e. The first-order valence-corrected chi connectivity index (χ1v) is 8.76. The minimum absolute atomic E-state index is 0.00188. The molecule has 0 aliphatic rings. The number of carbonyl (C=O) groups excluding carboxylic acids is 1. The van der Waals surface area contributed by atoms with Crippen LogP contribution >= 0.6 is 11.3 Å². The number of benzene rings is 1. The lowest BCUT2D eigenvalue weighted by Gasteiger charge is -2.29. The molecule has 0 aliphatic carbocycles. The number of hydrogen-bond acceptors (Lipinski definition) is 5. The zero-order chi connectivity index (χ0) is 17.6. The van der Waals surface area contributed by atoms with E-state index in [1.165, 1.54) is 0 Å². The predicted molar refractivity (Wildman–Crippen MR) is 96.1 cm³/mol. The first kappa shape index (κ1) is 18.6. The number of aromatic nitrogens is 1. The number of thiazole rings is 1. The topological polar surface area (TPSA) is 71.5 Å². The van der Waals surface area contributed by atoms with Crippen LogP contribution in [-0.2, 0) is 16.0 Å². The van der Waals surface area contributed by atoms with Crippen molar-refractivity contribution in [2.75, 3.05) is 20.3 Å². The Hall–Kier alpha value is -1.76. The quantitative estimate of drug-likeness (QED) is 0.769. The number of methoxy groups -OCH3 is 1. The van der Waals surface area contributed by atoms with Gasteiger partial charge < -0.3 is 15.2 Å². The van der Waals surface area contributed by atoms with Crippen LogP contribution in [0.15, 0.2) is 29.6 Å². The number of nitrogens with zero attached hydrogens (tertiary/aromatic N) is 1. The molecule has 5 nitrogen and oxygen atoms in total. The van der Waals surface area contributed by atoms with E-state index < -0.39 is 5.54 Å². The maximum Gasteiger partial charge on any atom is 0.224 e. The maximum atomic E-state index is 12.3. The Morgan fingerprint density at radius 1 is 1.38 bits per heavy atom. The van der Waals surface area contributed by atoms with E-state index in [0.717, 1.165) is 21.8 Å². The van der Waals surface area contributed by atoms with E-state index >= 15 is 0 Å². The molecule has 1 aromatic heterocycles. The lowest BCUT2D eigenvalue weighted by Crippen LogP contribution is -2.50. The summed E-state index contributed by atoms with van der Waals surface area (Å²) in [6.45, 7) is 4.22. The smallest absolute Gasteiger partial charge is 0.224 e. The fraction of sp³-hybridized carbons (Fsp3) is 0.444. The Bertz CT molecular complexity index is 661. The minimum Gasteiger partial charge on any atom is -0.396 e. The molecule has 2 rings (SSSR count). The fourth-order valence-corrected chi connectivity index (χ4v) is 3.21. The van der Waals surface area contributed by atoms with Gasteiger partial charge in [-0.05, 0) is 25.8 Å². The summed E-state index contributed by atoms with van der Waals surface area (Å²) in [5, 5.41) is 15.2. The average Bonchev–Trinajstić information content (AvgIpc) is 2.94. The molecule has 0 saturated heterocycles. The Kier molecular flexibility index (Phi) is 6.48. The van der Waals surface area contributed by atoms with Gasteiger partial charge in [0.2, 0.25) is 5.91 Å². The highest BCUT2D eigenvalue weighted by molar-refractivity contribution is 7.09. The van der Waals surface area contributed by atoms with Crippen LogP contribution in [0.1, 0.15) is 23.9 Å². The van der Waals surface area contributed by atoms with Gasteiger partial charge in [0.1, 0.15) is 0 Å². The fourth-order valence-electron chi connectivity index (χ4n) is 2.59. The van der Waals surface area contributed by atoms with E-state index in [-0.39, 0.29) is 12.5 Å². The summed E-state index contributed by atoms with van der Waals surface area (Å²) in [5.41, 5.74) is 2.39. The number of ether oxygens (including phenoxy) is 1. The molecule has 1 amide bonds. The Morgan fingerprint density at radius 3 is 2.62 bits per heavy atom. The third-order valence-corrected chi connectivity index (χ3v) is 4.57. The molecule has 6 heteroatoms. The van der Waals surface area contributed by atoms with Crippen molar-refractivity contribution < 1.29 is 14.6 Å². The van der Waals surface area contributed by atoms with Crippen molar-refractivity contribution in [3.8, 4) is 11.3 Å². The highest BCUT2D eigenvalue weighted by Crippen LogP contribution is 2.22. The molecule has 0 bridgehead atoms. The Labute approximate surface area is 146 Å². The summed E-state index contributed by atoms with van der Waals surface area (Å²) in [7, 11) is 1.58. The van der Waals surface area contributed by atoms with Crippen molar-refractivity contribution in [2.24, 2.45) is 0 Å². The molecule has 0 aliphatic heterocycles. The van der Waals surface area contributed by atoms with E-state index in [9.17, 15) is 4.79 Å². The third-order valence-electron chi connectivity index (χ3n) is 3.80. The molecule has 1 atom stereocenters. The maximum absolute atomic E-state index is 12.3. The van der Waals surface area contributed by atoms with Gasteiger partial charge in [0, 0.05) is 24.7 Å². The van der Waals surface area contributed by atoms with Crippen molar-refractivity contribution >= 4 is 17.2 Å². The van der Waals surface area contributed by atoms with Gasteiger partial charge in [0.15, 0.2) is 0 Å². The molecule has 130 valence electrons. The molecule has 0 fully saturated rings. The lowest BCUT2D eigenvalue weighted by molar-refractivity contribution is -0.123. The zero-order valence-corrected chi connectivity index (χ0v) is 15.2. The summed E-state index contributed by atoms with van der Waals surface area (Å²) in [4.78, 5) is 16.7. The Morgan fingerprint density at radius 2 is 2.08 bits per heavy atom. The molecule has 1 aromatic carbocycles.